The number of piperidine rings is 1. The van der Waals surface area contributed by atoms with Gasteiger partial charge < -0.3 is 9.64 Å². The van der Waals surface area contributed by atoms with Crippen molar-refractivity contribution in [1.82, 2.24) is 9.88 Å². The summed E-state index contributed by atoms with van der Waals surface area (Å²) in [6.07, 6.45) is 4.36. The number of hydrogen-bond donors (Lipinski definition) is 0. The van der Waals surface area contributed by atoms with Gasteiger partial charge in [-0.1, -0.05) is 6.07 Å². The first-order valence-electron chi connectivity index (χ1n) is 7.26. The second-order valence-electron chi connectivity index (χ2n) is 6.27. The third-order valence-electron chi connectivity index (χ3n) is 3.42. The van der Waals surface area contributed by atoms with Crippen LogP contribution in [0.15, 0.2) is 18.3 Å². The summed E-state index contributed by atoms with van der Waals surface area (Å²) in [5, 5.41) is 8.81. The highest BCUT2D eigenvalue weighted by Gasteiger charge is 2.31. The molecular formula is C16H21N3O2. The van der Waals surface area contributed by atoms with Crippen LogP contribution in [-0.2, 0) is 4.74 Å². The predicted octanol–water partition coefficient (Wildman–Crippen LogP) is 3.42. The molecule has 5 heteroatoms. The molecule has 0 bridgehead atoms. The van der Waals surface area contributed by atoms with Gasteiger partial charge in [0.05, 0.1) is 6.04 Å². The molecule has 21 heavy (non-hydrogen) atoms. The van der Waals surface area contributed by atoms with Crippen molar-refractivity contribution < 1.29 is 9.53 Å². The molecule has 112 valence electrons. The molecule has 1 saturated heterocycles. The smallest absolute Gasteiger partial charge is 0.410 e. The van der Waals surface area contributed by atoms with Gasteiger partial charge in [-0.25, -0.2) is 9.78 Å². The summed E-state index contributed by atoms with van der Waals surface area (Å²) in [6, 6.07) is 5.55. The minimum Gasteiger partial charge on any atom is -0.444 e. The molecule has 1 amide bonds. The molecule has 1 aliphatic heterocycles. The highest BCUT2D eigenvalue weighted by atomic mass is 16.6. The Morgan fingerprint density at radius 2 is 2.19 bits per heavy atom. The van der Waals surface area contributed by atoms with Gasteiger partial charge in [-0.05, 0) is 51.7 Å². The lowest BCUT2D eigenvalue weighted by Crippen LogP contribution is -2.41. The number of rotatable bonds is 1. The van der Waals surface area contributed by atoms with Gasteiger partial charge in [0.25, 0.3) is 0 Å². The van der Waals surface area contributed by atoms with E-state index in [1.165, 1.54) is 0 Å². The van der Waals surface area contributed by atoms with Crippen LogP contribution >= 0.6 is 0 Å². The number of pyridine rings is 1. The van der Waals surface area contributed by atoms with E-state index in [0.29, 0.717) is 12.2 Å². The molecule has 1 aromatic rings. The largest absolute Gasteiger partial charge is 0.444 e. The van der Waals surface area contributed by atoms with Gasteiger partial charge in [0.1, 0.15) is 17.4 Å². The van der Waals surface area contributed by atoms with Crippen molar-refractivity contribution in [1.29, 1.82) is 5.26 Å². The fraction of sp³-hybridized carbons (Fsp3) is 0.562. The second kappa shape index (κ2) is 6.13. The topological polar surface area (TPSA) is 66.2 Å². The van der Waals surface area contributed by atoms with Crippen molar-refractivity contribution in [2.24, 2.45) is 0 Å². The monoisotopic (exact) mass is 287 g/mol. The first-order valence-corrected chi connectivity index (χ1v) is 7.26. The first kappa shape index (κ1) is 15.3. The third-order valence-corrected chi connectivity index (χ3v) is 3.42. The van der Waals surface area contributed by atoms with Gasteiger partial charge in [-0.15, -0.1) is 0 Å². The van der Waals surface area contributed by atoms with Gasteiger partial charge in [0.15, 0.2) is 0 Å². The number of aromatic nitrogens is 1. The molecule has 0 radical (unpaired) electrons. The van der Waals surface area contributed by atoms with Gasteiger partial charge >= 0.3 is 6.09 Å². The Morgan fingerprint density at radius 1 is 1.43 bits per heavy atom. The fourth-order valence-electron chi connectivity index (χ4n) is 2.49. The van der Waals surface area contributed by atoms with Crippen LogP contribution in [0.4, 0.5) is 4.79 Å². The molecule has 0 aliphatic carbocycles. The molecule has 1 unspecified atom stereocenters. The van der Waals surface area contributed by atoms with Crippen molar-refractivity contribution >= 4 is 6.09 Å². The highest BCUT2D eigenvalue weighted by Crippen LogP contribution is 2.31. The van der Waals surface area contributed by atoms with E-state index in [1.807, 2.05) is 32.9 Å². The number of ether oxygens (including phenoxy) is 1. The summed E-state index contributed by atoms with van der Waals surface area (Å²) < 4.78 is 5.49. The lowest BCUT2D eigenvalue weighted by Gasteiger charge is -2.36. The van der Waals surface area contributed by atoms with Crippen LogP contribution in [0.2, 0.25) is 0 Å². The average Bonchev–Trinajstić information content (AvgIpc) is 2.45. The molecule has 1 aliphatic rings. The molecule has 0 N–H and O–H groups in total. The Kier molecular flexibility index (Phi) is 4.46. The zero-order valence-corrected chi connectivity index (χ0v) is 12.8. The molecule has 2 rings (SSSR count). The normalized spacial score (nSPS) is 19.0. The highest BCUT2D eigenvalue weighted by molar-refractivity contribution is 5.69. The van der Waals surface area contributed by atoms with E-state index >= 15 is 0 Å². The molecule has 0 spiro atoms. The zero-order chi connectivity index (χ0) is 15.5. The molecule has 2 heterocycles. The van der Waals surface area contributed by atoms with Crippen LogP contribution in [0.1, 0.15) is 57.3 Å². The zero-order valence-electron chi connectivity index (χ0n) is 12.8. The van der Waals surface area contributed by atoms with Gasteiger partial charge in [-0.3, -0.25) is 0 Å². The van der Waals surface area contributed by atoms with Crippen LogP contribution in [0.5, 0.6) is 0 Å². The number of carbonyl (C=O) groups excluding carboxylic acids is 1. The lowest BCUT2D eigenvalue weighted by molar-refractivity contribution is 0.00948. The third kappa shape index (κ3) is 3.94. The molecular weight excluding hydrogens is 266 g/mol. The van der Waals surface area contributed by atoms with E-state index in [2.05, 4.69) is 4.98 Å². The average molecular weight is 287 g/mol. The van der Waals surface area contributed by atoms with E-state index in [-0.39, 0.29) is 12.1 Å². The molecule has 1 atom stereocenters. The fourth-order valence-corrected chi connectivity index (χ4v) is 2.49. The summed E-state index contributed by atoms with van der Waals surface area (Å²) in [5.41, 5.74) is 0.847. The number of likely N-dealkylation sites (tertiary alicyclic amines) is 1. The maximum absolute atomic E-state index is 12.4. The quantitative estimate of drug-likeness (QED) is 0.793. The van der Waals surface area contributed by atoms with Crippen LogP contribution in [0, 0.1) is 11.3 Å². The molecule has 1 aromatic heterocycles. The van der Waals surface area contributed by atoms with Gasteiger partial charge in [0.2, 0.25) is 0 Å². The standard InChI is InChI=1S/C16H21N3O2/c1-16(2,3)21-15(20)19-9-5-4-6-14(19)12-7-8-13(10-17)18-11-12/h7-8,11,14H,4-6,9H2,1-3H3. The number of nitrogens with zero attached hydrogens (tertiary/aromatic N) is 3. The minimum atomic E-state index is -0.498. The van der Waals surface area contributed by atoms with E-state index < -0.39 is 5.60 Å². The second-order valence-corrected chi connectivity index (χ2v) is 6.27. The van der Waals surface area contributed by atoms with Gasteiger partial charge in [0, 0.05) is 12.7 Å². The first-order chi connectivity index (χ1) is 9.90. The van der Waals surface area contributed by atoms with Crippen LogP contribution < -0.4 is 0 Å². The molecule has 5 nitrogen and oxygen atoms in total. The number of hydrogen-bond acceptors (Lipinski definition) is 4. The number of nitriles is 1. The minimum absolute atomic E-state index is 0.0196. The van der Waals surface area contributed by atoms with E-state index in [4.69, 9.17) is 10.00 Å². The SMILES string of the molecule is CC(C)(C)OC(=O)N1CCCCC1c1ccc(C#N)nc1. The van der Waals surface area contributed by atoms with Crippen LogP contribution in [0.25, 0.3) is 0 Å². The maximum atomic E-state index is 12.4. The summed E-state index contributed by atoms with van der Waals surface area (Å²) >= 11 is 0. The molecule has 0 aromatic carbocycles. The molecule has 0 saturated carbocycles. The van der Waals surface area contributed by atoms with E-state index in [1.54, 1.807) is 17.2 Å². The summed E-state index contributed by atoms with van der Waals surface area (Å²) in [7, 11) is 0. The van der Waals surface area contributed by atoms with Crippen molar-refractivity contribution in [2.75, 3.05) is 6.54 Å². The van der Waals surface area contributed by atoms with Crippen LogP contribution in [-0.4, -0.2) is 28.1 Å². The Bertz CT molecular complexity index is 540. The lowest BCUT2D eigenvalue weighted by atomic mass is 9.96. The van der Waals surface area contributed by atoms with Crippen LogP contribution in [0.3, 0.4) is 0 Å². The van der Waals surface area contributed by atoms with E-state index in [9.17, 15) is 4.79 Å². The van der Waals surface area contributed by atoms with Crippen molar-refractivity contribution in [3.05, 3.63) is 29.6 Å². The van der Waals surface area contributed by atoms with Crippen molar-refractivity contribution in [3.8, 4) is 6.07 Å². The Morgan fingerprint density at radius 3 is 2.76 bits per heavy atom. The number of amides is 1. The van der Waals surface area contributed by atoms with Crippen molar-refractivity contribution in [3.63, 3.8) is 0 Å². The number of carbonyl (C=O) groups is 1. The van der Waals surface area contributed by atoms with Crippen molar-refractivity contribution in [2.45, 2.75) is 51.7 Å². The van der Waals surface area contributed by atoms with Gasteiger partial charge in [-0.2, -0.15) is 5.26 Å². The maximum Gasteiger partial charge on any atom is 0.410 e. The predicted molar refractivity (Wildman–Crippen MR) is 78.5 cm³/mol. The molecule has 1 fully saturated rings. The summed E-state index contributed by atoms with van der Waals surface area (Å²) in [4.78, 5) is 18.2. The van der Waals surface area contributed by atoms with E-state index in [0.717, 1.165) is 24.8 Å². The Balaban J connectivity index is 2.18. The Hall–Kier alpha value is -2.09. The summed E-state index contributed by atoms with van der Waals surface area (Å²) in [5.74, 6) is 0. The Labute approximate surface area is 125 Å². The summed E-state index contributed by atoms with van der Waals surface area (Å²) in [6.45, 7) is 6.30.